The van der Waals surface area contributed by atoms with Crippen molar-refractivity contribution in [2.45, 2.75) is 80.9 Å². The monoisotopic (exact) mass is 1180 g/mol. The highest BCUT2D eigenvalue weighted by molar-refractivity contribution is 7.66. The van der Waals surface area contributed by atoms with E-state index in [1.54, 1.807) is 6.92 Å². The summed E-state index contributed by atoms with van der Waals surface area (Å²) in [4.78, 5) is 112. The number of phosphoric ester groups is 3. The van der Waals surface area contributed by atoms with Crippen molar-refractivity contribution in [1.29, 1.82) is 0 Å². The number of aryl methyl sites for hydroxylation is 1. The Bertz CT molecular complexity index is 3390. The number of aliphatic hydroxyl groups excluding tert-OH is 3. The minimum absolute atomic E-state index is 0.00187. The number of aliphatic hydroxyl groups is 3. The molecule has 1 amide bonds. The maximum atomic E-state index is 13.6. The van der Waals surface area contributed by atoms with Crippen molar-refractivity contribution in [2.24, 2.45) is 13.0 Å². The summed E-state index contributed by atoms with van der Waals surface area (Å²) in [5.74, 6) is -2.26. The molecule has 5 aromatic rings. The van der Waals surface area contributed by atoms with Crippen molar-refractivity contribution < 1.29 is 108 Å². The van der Waals surface area contributed by atoms with Gasteiger partial charge < -0.3 is 70.6 Å². The molecule has 5 aromatic heterocycles. The van der Waals surface area contributed by atoms with Crippen LogP contribution < -0.4 is 38.2 Å². The molecule has 0 radical (unpaired) electrons. The largest absolute Gasteiger partial charge is 0.490 e. The van der Waals surface area contributed by atoms with Gasteiger partial charge in [0, 0.05) is 38.3 Å². The number of fused-ring (bicyclic) bond motifs is 2. The molecule has 6 unspecified atom stereocenters. The third kappa shape index (κ3) is 12.7. The zero-order valence-corrected chi connectivity index (χ0v) is 43.4. The molecule has 42 heteroatoms. The van der Waals surface area contributed by atoms with Gasteiger partial charge in [-0.2, -0.15) is 8.62 Å². The highest BCUT2D eigenvalue weighted by atomic mass is 31.3. The number of nitrogens with two attached hydrogens (primary N) is 2. The fraction of sp³-hybridized carbons (Fsp3) is 0.571. The molecule has 0 aromatic carbocycles. The average Bonchev–Trinajstić information content (AvgIpc) is 4.17. The van der Waals surface area contributed by atoms with Gasteiger partial charge in [0.2, 0.25) is 17.7 Å². The topological polar surface area (TPSA) is 536 Å². The van der Waals surface area contributed by atoms with Crippen LogP contribution in [0.4, 0.5) is 11.8 Å². The SMILES string of the molecule is CCNC(=O)CC1[C@@H](O)C([n+]2cn(C)c3c(=O)[nH]c(N)nc32)O[C@@H]1COP(=O)(O)OP(=O)(O)OP(=O)(O)OC[C@H]1O[C@@H](n2cnc3c(N)ncnc32)[C@H](OC)[C@@H]1OP(=O)(O)OC[C@H]1O[C@@H](n2ccc(=O)[nH]c2=O)[C@H](O)[C@@H]1O. The number of H-pyrrole nitrogens is 2. The summed E-state index contributed by atoms with van der Waals surface area (Å²) >= 11 is 0. The van der Waals surface area contributed by atoms with Gasteiger partial charge in [0.15, 0.2) is 30.2 Å². The van der Waals surface area contributed by atoms with Crippen LogP contribution >= 0.6 is 31.3 Å². The fourth-order valence-corrected chi connectivity index (χ4v) is 13.1. The van der Waals surface area contributed by atoms with Crippen molar-refractivity contribution in [3.63, 3.8) is 0 Å². The molecule has 16 atom stereocenters. The lowest BCUT2D eigenvalue weighted by atomic mass is 9.94. The third-order valence-electron chi connectivity index (χ3n) is 11.9. The van der Waals surface area contributed by atoms with E-state index in [1.807, 2.05) is 4.98 Å². The lowest BCUT2D eigenvalue weighted by molar-refractivity contribution is -0.745. The first-order valence-electron chi connectivity index (χ1n) is 22.3. The number of methoxy groups -OCH3 is 1. The van der Waals surface area contributed by atoms with Gasteiger partial charge in [0.05, 0.1) is 39.3 Å². The number of phosphoric acid groups is 4. The van der Waals surface area contributed by atoms with E-state index in [2.05, 4.69) is 38.9 Å². The van der Waals surface area contributed by atoms with Gasteiger partial charge in [-0.1, -0.05) is 4.98 Å². The quantitative estimate of drug-likeness (QED) is 0.0231. The first kappa shape index (κ1) is 58.0. The predicted octanol–water partition coefficient (Wildman–Crippen LogP) is -4.09. The number of nitrogen functional groups attached to an aromatic ring is 2. The second-order valence-electron chi connectivity index (χ2n) is 17.0. The summed E-state index contributed by atoms with van der Waals surface area (Å²) in [6, 6.07) is 0.921. The number of rotatable bonds is 22. The van der Waals surface area contributed by atoms with Crippen molar-refractivity contribution in [2.75, 3.05) is 44.9 Å². The number of ether oxygens (including phenoxy) is 4. The van der Waals surface area contributed by atoms with E-state index in [9.17, 15) is 72.3 Å². The lowest BCUT2D eigenvalue weighted by Gasteiger charge is -2.26. The van der Waals surface area contributed by atoms with Crippen LogP contribution in [0.3, 0.4) is 0 Å². The van der Waals surface area contributed by atoms with E-state index in [4.69, 9.17) is 48.5 Å². The number of nitrogens with zero attached hydrogens (tertiary/aromatic N) is 8. The van der Waals surface area contributed by atoms with Gasteiger partial charge in [-0.15, -0.1) is 0 Å². The van der Waals surface area contributed by atoms with E-state index in [-0.39, 0.29) is 40.6 Å². The molecule has 8 rings (SSSR count). The molecule has 8 heterocycles. The van der Waals surface area contributed by atoms with Crippen molar-refractivity contribution in [3.8, 4) is 0 Å². The van der Waals surface area contributed by atoms with Crippen LogP contribution in [0.15, 0.2) is 45.6 Å². The highest BCUT2D eigenvalue weighted by Gasteiger charge is 2.54. The number of aromatic nitrogens is 10. The van der Waals surface area contributed by atoms with Crippen LogP contribution in [0, 0.1) is 5.92 Å². The molecule has 77 heavy (non-hydrogen) atoms. The fourth-order valence-electron chi connectivity index (χ4n) is 8.61. The minimum Gasteiger partial charge on any atom is -0.387 e. The molecule has 0 spiro atoms. The molecular weight excluding hydrogens is 1130 g/mol. The Morgan fingerprint density at radius 1 is 0.818 bits per heavy atom. The van der Waals surface area contributed by atoms with Gasteiger partial charge in [0.1, 0.15) is 54.6 Å². The number of hydrogen-bond acceptors (Lipinski definition) is 27. The average molecular weight is 1180 g/mol. The number of carbonyl (C=O) groups excluding carboxylic acids is 1. The van der Waals surface area contributed by atoms with Crippen LogP contribution in [0.25, 0.3) is 22.3 Å². The number of imidazole rings is 2. The van der Waals surface area contributed by atoms with E-state index >= 15 is 0 Å². The molecule has 3 aliphatic heterocycles. The molecule has 14 N–H and O–H groups in total. The van der Waals surface area contributed by atoms with Crippen molar-refractivity contribution >= 4 is 71.3 Å². The molecule has 3 saturated heterocycles. The van der Waals surface area contributed by atoms with Gasteiger partial charge in [-0.25, -0.2) is 42.6 Å². The Kier molecular flexibility index (Phi) is 17.0. The summed E-state index contributed by atoms with van der Waals surface area (Å²) in [6.45, 7) is -1.59. The Balaban J connectivity index is 0.949. The molecule has 0 aliphatic carbocycles. The molecular formula is C35H50N13O25P4+. The van der Waals surface area contributed by atoms with Crippen LogP contribution in [-0.2, 0) is 75.8 Å². The number of aromatic amines is 2. The zero-order chi connectivity index (χ0) is 56.1. The number of anilines is 2. The van der Waals surface area contributed by atoms with Crippen LogP contribution in [0.5, 0.6) is 0 Å². The number of amides is 1. The molecule has 0 bridgehead atoms. The number of hydrogen-bond donors (Lipinski definition) is 12. The Labute approximate surface area is 428 Å². The van der Waals surface area contributed by atoms with Gasteiger partial charge in [-0.05, 0) is 6.92 Å². The molecule has 38 nitrogen and oxygen atoms in total. The molecule has 3 fully saturated rings. The molecule has 3 aliphatic rings. The first-order valence-corrected chi connectivity index (χ1v) is 28.3. The van der Waals surface area contributed by atoms with Gasteiger partial charge in [0.25, 0.3) is 17.1 Å². The standard InChI is InChI=1S/C35H49N13O25P4/c1-4-38-19(50)7-14-15(68-31(22(14)51)48-13-45(2)21-29(48)43-34(37)44-30(21)54)8-66-75(58,59)72-77(62,63)73-76(60,61)67-10-17-25(26(64-3)33(70-17)47-12-41-20-27(36)39-11-40-28(20)47)71-74(56,57)65-9-16-23(52)24(53)32(69-16)46-6-5-18(49)42-35(46)55/h5-6,11-17,22-26,31-33,51-53H,4,7-10H2,1-3H3,(H10-,36,37,38,39,40,42,43,44,49,50,54,55,56,57,58,59,60,61,62,63)/p+1/t14?,15-,16-,17-,22-,23-,24-,25-,26-,31?,32-,33-/m1/s1. The predicted molar refractivity (Wildman–Crippen MR) is 249 cm³/mol. The highest BCUT2D eigenvalue weighted by Crippen LogP contribution is 2.68. The maximum absolute atomic E-state index is 13.6. The maximum Gasteiger partial charge on any atom is 0.490 e. The molecule has 0 saturated carbocycles. The van der Waals surface area contributed by atoms with Crippen molar-refractivity contribution in [3.05, 3.63) is 62.4 Å². The second kappa shape index (κ2) is 22.6. The van der Waals surface area contributed by atoms with Crippen LogP contribution in [0.1, 0.15) is 32.0 Å². The second-order valence-corrected chi connectivity index (χ2v) is 23.1. The summed E-state index contributed by atoms with van der Waals surface area (Å²) in [7, 11) is -21.0. The Morgan fingerprint density at radius 2 is 1.47 bits per heavy atom. The minimum atomic E-state index is -6.23. The molecule has 424 valence electrons. The normalized spacial score (nSPS) is 29.8. The third-order valence-corrected chi connectivity index (χ3v) is 17.2. The van der Waals surface area contributed by atoms with E-state index in [0.717, 1.165) is 36.6 Å². The summed E-state index contributed by atoms with van der Waals surface area (Å²) in [5.41, 5.74) is 9.14. The Hall–Kier alpha value is -5.11. The smallest absolute Gasteiger partial charge is 0.387 e. The van der Waals surface area contributed by atoms with E-state index in [1.165, 1.54) is 27.1 Å². The van der Waals surface area contributed by atoms with Gasteiger partial charge >= 0.3 is 42.6 Å². The Morgan fingerprint density at radius 3 is 2.13 bits per heavy atom. The summed E-state index contributed by atoms with van der Waals surface area (Å²) in [6.07, 6.45) is -14.4. The van der Waals surface area contributed by atoms with Crippen LogP contribution in [-0.4, -0.2) is 167 Å². The van der Waals surface area contributed by atoms with Gasteiger partial charge in [-0.3, -0.25) is 56.1 Å². The zero-order valence-electron chi connectivity index (χ0n) is 39.9. The van der Waals surface area contributed by atoms with E-state index < -0.39 is 154 Å². The number of carbonyl (C=O) groups is 1. The number of nitrogens with one attached hydrogen (secondary N) is 3. The first-order chi connectivity index (χ1) is 36.1. The summed E-state index contributed by atoms with van der Waals surface area (Å²) < 4.78 is 109. The lowest BCUT2D eigenvalue weighted by Crippen LogP contribution is -2.45. The van der Waals surface area contributed by atoms with E-state index in [0.29, 0.717) is 0 Å². The van der Waals surface area contributed by atoms with Crippen molar-refractivity contribution in [1.82, 2.24) is 48.9 Å². The summed E-state index contributed by atoms with van der Waals surface area (Å²) in [5, 5.41) is 35.2. The van der Waals surface area contributed by atoms with Crippen LogP contribution in [0.2, 0.25) is 0 Å².